The molecule has 1 aliphatic rings. The summed E-state index contributed by atoms with van der Waals surface area (Å²) in [5, 5.41) is 5.72. The molecule has 1 atom stereocenters. The van der Waals surface area contributed by atoms with Gasteiger partial charge in [0.05, 0.1) is 13.1 Å². The van der Waals surface area contributed by atoms with E-state index in [1.807, 2.05) is 41.7 Å². The number of nitrogens with two attached hydrogens (primary N) is 1. The first-order valence-electron chi connectivity index (χ1n) is 9.41. The lowest BCUT2D eigenvalue weighted by atomic mass is 10.1. The first-order chi connectivity index (χ1) is 12.6. The molecule has 1 fully saturated rings. The van der Waals surface area contributed by atoms with Crippen molar-refractivity contribution in [1.29, 1.82) is 0 Å². The molecule has 0 radical (unpaired) electrons. The fourth-order valence-corrected chi connectivity index (χ4v) is 3.67. The molecule has 0 spiro atoms. The number of carbonyl (C=O) groups excluding carboxylic acids is 1. The molecule has 4 N–H and O–H groups in total. The van der Waals surface area contributed by atoms with E-state index in [0.717, 1.165) is 22.8 Å². The lowest BCUT2D eigenvalue weighted by molar-refractivity contribution is -0.901. The Morgan fingerprint density at radius 3 is 2.62 bits per heavy atom. The van der Waals surface area contributed by atoms with Gasteiger partial charge >= 0.3 is 0 Å². The van der Waals surface area contributed by atoms with Gasteiger partial charge < -0.3 is 15.5 Å². The number of amides is 1. The van der Waals surface area contributed by atoms with E-state index in [1.54, 1.807) is 4.90 Å². The molecule has 26 heavy (non-hydrogen) atoms. The Labute approximate surface area is 160 Å². The highest BCUT2D eigenvalue weighted by molar-refractivity contribution is 6.30. The summed E-state index contributed by atoms with van der Waals surface area (Å²) < 4.78 is 0. The summed E-state index contributed by atoms with van der Waals surface area (Å²) in [7, 11) is 0. The highest BCUT2D eigenvalue weighted by Crippen LogP contribution is 2.14. The highest BCUT2D eigenvalue weighted by atomic mass is 35.5. The monoisotopic (exact) mass is 373 g/mol. The van der Waals surface area contributed by atoms with Crippen molar-refractivity contribution >= 4 is 23.2 Å². The van der Waals surface area contributed by atoms with Crippen LogP contribution in [0.2, 0.25) is 5.02 Å². The van der Waals surface area contributed by atoms with E-state index in [1.165, 1.54) is 31.5 Å². The molecule has 1 heterocycles. The van der Waals surface area contributed by atoms with Crippen LogP contribution in [0.5, 0.6) is 0 Å². The Kier molecular flexibility index (Phi) is 6.67. The van der Waals surface area contributed by atoms with Crippen LogP contribution < -0.4 is 15.5 Å². The average Bonchev–Trinajstić information content (AvgIpc) is 3.14. The van der Waals surface area contributed by atoms with Crippen molar-refractivity contribution in [3.8, 4) is 0 Å². The van der Waals surface area contributed by atoms with Crippen molar-refractivity contribution in [1.82, 2.24) is 0 Å². The maximum atomic E-state index is 12.2. The number of hydrogen-bond acceptors (Lipinski definition) is 1. The summed E-state index contributed by atoms with van der Waals surface area (Å²) in [6.45, 7) is 6.10. The van der Waals surface area contributed by atoms with Crippen molar-refractivity contribution < 1.29 is 15.0 Å². The fraction of sp³-hybridized carbons (Fsp3) is 0.381. The molecule has 5 heteroatoms. The standard InChI is InChI=1S/C21H26ClN3O/c1-16(18-5-4-6-19(22)13-18)23-14-21(26)24-20-9-7-17(8-10-20)15-25-11-2-3-12-25/h4-10,13,16,23H,2-3,11-12,14-15H2,1H3,(H,24,26)/p+2/t16-/m0/s1. The molecule has 1 saturated heterocycles. The number of benzene rings is 2. The van der Waals surface area contributed by atoms with E-state index in [4.69, 9.17) is 11.6 Å². The van der Waals surface area contributed by atoms with Gasteiger partial charge in [0.25, 0.3) is 5.91 Å². The van der Waals surface area contributed by atoms with E-state index in [0.29, 0.717) is 6.54 Å². The van der Waals surface area contributed by atoms with Crippen LogP contribution in [0.3, 0.4) is 0 Å². The van der Waals surface area contributed by atoms with Crippen LogP contribution in [-0.4, -0.2) is 25.5 Å². The van der Waals surface area contributed by atoms with Gasteiger partial charge in [-0.15, -0.1) is 0 Å². The molecular weight excluding hydrogens is 346 g/mol. The van der Waals surface area contributed by atoms with Crippen LogP contribution in [0.15, 0.2) is 48.5 Å². The number of nitrogens with one attached hydrogen (secondary N) is 2. The number of anilines is 1. The molecule has 0 aromatic heterocycles. The van der Waals surface area contributed by atoms with E-state index in [-0.39, 0.29) is 11.9 Å². The van der Waals surface area contributed by atoms with Gasteiger partial charge in [-0.2, -0.15) is 0 Å². The quantitative estimate of drug-likeness (QED) is 0.680. The summed E-state index contributed by atoms with van der Waals surface area (Å²) in [4.78, 5) is 13.9. The molecule has 2 aromatic carbocycles. The third kappa shape index (κ3) is 5.56. The summed E-state index contributed by atoms with van der Waals surface area (Å²) in [5.74, 6) is 0.0109. The van der Waals surface area contributed by atoms with Crippen molar-refractivity contribution in [3.05, 3.63) is 64.7 Å². The molecule has 138 valence electrons. The Morgan fingerprint density at radius 2 is 1.92 bits per heavy atom. The van der Waals surface area contributed by atoms with Crippen LogP contribution in [0.25, 0.3) is 0 Å². The zero-order chi connectivity index (χ0) is 18.4. The average molecular weight is 374 g/mol. The van der Waals surface area contributed by atoms with Gasteiger partial charge in [0.2, 0.25) is 0 Å². The smallest absolute Gasteiger partial charge is 0.279 e. The number of halogens is 1. The molecule has 4 nitrogen and oxygen atoms in total. The topological polar surface area (TPSA) is 50.1 Å². The van der Waals surface area contributed by atoms with Gasteiger partial charge in [0, 0.05) is 34.7 Å². The van der Waals surface area contributed by atoms with Crippen LogP contribution in [0.1, 0.15) is 36.9 Å². The maximum absolute atomic E-state index is 12.2. The van der Waals surface area contributed by atoms with Crippen molar-refractivity contribution in [3.63, 3.8) is 0 Å². The second-order valence-corrected chi connectivity index (χ2v) is 7.60. The maximum Gasteiger partial charge on any atom is 0.279 e. The molecule has 2 aromatic rings. The van der Waals surface area contributed by atoms with Crippen molar-refractivity contribution in [2.45, 2.75) is 32.4 Å². The minimum Gasteiger partial charge on any atom is -0.333 e. The molecule has 0 unspecified atom stereocenters. The van der Waals surface area contributed by atoms with Gasteiger partial charge in [-0.3, -0.25) is 4.79 Å². The lowest BCUT2D eigenvalue weighted by Crippen LogP contribution is -3.08. The largest absolute Gasteiger partial charge is 0.333 e. The Balaban J connectivity index is 1.45. The van der Waals surface area contributed by atoms with Crippen LogP contribution in [0, 0.1) is 0 Å². The highest BCUT2D eigenvalue weighted by Gasteiger charge is 2.15. The molecule has 0 saturated carbocycles. The van der Waals surface area contributed by atoms with E-state index >= 15 is 0 Å². The number of carbonyl (C=O) groups is 1. The summed E-state index contributed by atoms with van der Waals surface area (Å²) in [6, 6.07) is 16.2. The van der Waals surface area contributed by atoms with Crippen LogP contribution in [0.4, 0.5) is 5.69 Å². The zero-order valence-corrected chi connectivity index (χ0v) is 16.1. The number of rotatable bonds is 7. The minimum atomic E-state index is 0.0109. The predicted molar refractivity (Wildman–Crippen MR) is 105 cm³/mol. The molecule has 1 aliphatic heterocycles. The Morgan fingerprint density at radius 1 is 1.19 bits per heavy atom. The zero-order valence-electron chi connectivity index (χ0n) is 15.3. The van der Waals surface area contributed by atoms with Crippen molar-refractivity contribution in [2.24, 2.45) is 0 Å². The van der Waals surface area contributed by atoms with Gasteiger partial charge in [-0.1, -0.05) is 35.9 Å². The normalized spacial score (nSPS) is 15.8. The number of hydrogen-bond donors (Lipinski definition) is 3. The SMILES string of the molecule is C[C@H]([NH2+]CC(=O)Nc1ccc(C[NH+]2CCCC2)cc1)c1cccc(Cl)c1. The lowest BCUT2D eigenvalue weighted by Gasteiger charge is -2.13. The van der Waals surface area contributed by atoms with Crippen LogP contribution in [-0.2, 0) is 11.3 Å². The summed E-state index contributed by atoms with van der Waals surface area (Å²) in [6.07, 6.45) is 2.68. The number of quaternary nitrogens is 2. The fourth-order valence-electron chi connectivity index (χ4n) is 3.47. The molecule has 3 rings (SSSR count). The predicted octanol–water partition coefficient (Wildman–Crippen LogP) is 1.78. The first-order valence-corrected chi connectivity index (χ1v) is 9.79. The van der Waals surface area contributed by atoms with Gasteiger partial charge in [0.15, 0.2) is 6.54 Å². The molecule has 1 amide bonds. The molecule has 0 bridgehead atoms. The third-order valence-electron chi connectivity index (χ3n) is 5.03. The Bertz CT molecular complexity index is 726. The second kappa shape index (κ2) is 9.17. The van der Waals surface area contributed by atoms with Gasteiger partial charge in [-0.05, 0) is 31.2 Å². The van der Waals surface area contributed by atoms with E-state index in [2.05, 4.69) is 24.4 Å². The van der Waals surface area contributed by atoms with E-state index < -0.39 is 0 Å². The summed E-state index contributed by atoms with van der Waals surface area (Å²) in [5.41, 5.74) is 3.32. The van der Waals surface area contributed by atoms with Gasteiger partial charge in [-0.25, -0.2) is 0 Å². The summed E-state index contributed by atoms with van der Waals surface area (Å²) >= 11 is 6.03. The van der Waals surface area contributed by atoms with E-state index in [9.17, 15) is 4.79 Å². The van der Waals surface area contributed by atoms with Gasteiger partial charge in [0.1, 0.15) is 12.6 Å². The minimum absolute atomic E-state index is 0.0109. The first kappa shape index (κ1) is 18.9. The Hall–Kier alpha value is -1.88. The number of likely N-dealkylation sites (tertiary alicyclic amines) is 1. The van der Waals surface area contributed by atoms with Crippen LogP contribution >= 0.6 is 11.6 Å². The van der Waals surface area contributed by atoms with Crippen molar-refractivity contribution in [2.75, 3.05) is 25.0 Å². The second-order valence-electron chi connectivity index (χ2n) is 7.16. The molecule has 0 aliphatic carbocycles. The molecular formula is C21H28ClN3O+2. The third-order valence-corrected chi connectivity index (χ3v) is 5.27.